The average molecular weight is 399 g/mol. The van der Waals surface area contributed by atoms with Crippen molar-refractivity contribution >= 4 is 52.7 Å². The molecule has 2 rings (SSSR count). The Morgan fingerprint density at radius 2 is 2.20 bits per heavy atom. The van der Waals surface area contributed by atoms with Gasteiger partial charge in [-0.3, -0.25) is 5.43 Å². The number of hydrogen-bond acceptors (Lipinski definition) is 4. The summed E-state index contributed by atoms with van der Waals surface area (Å²) in [7, 11) is 1.33. The Labute approximate surface area is 160 Å². The number of ether oxygens (including phenoxy) is 1. The average Bonchev–Trinajstić information content (AvgIpc) is 2.85. The van der Waals surface area contributed by atoms with Gasteiger partial charge in [-0.15, -0.1) is 0 Å². The number of hydrazone groups is 1. The highest BCUT2D eigenvalue weighted by atomic mass is 35.5. The number of carbonyl (C=O) groups excluding carboxylic acids is 1. The molecule has 1 aromatic heterocycles. The first kappa shape index (κ1) is 19.2. The van der Waals surface area contributed by atoms with Crippen LogP contribution in [-0.4, -0.2) is 29.4 Å². The van der Waals surface area contributed by atoms with Crippen LogP contribution in [0, 0.1) is 6.92 Å². The van der Waals surface area contributed by atoms with E-state index in [0.717, 1.165) is 5.56 Å². The van der Waals surface area contributed by atoms with Crippen LogP contribution in [0.1, 0.15) is 32.9 Å². The van der Waals surface area contributed by atoms with Crippen LogP contribution < -0.4 is 11.2 Å². The second kappa shape index (κ2) is 8.33. The van der Waals surface area contributed by atoms with Gasteiger partial charge in [0.05, 0.1) is 24.6 Å². The number of methoxy groups -OCH3 is 1. The van der Waals surface area contributed by atoms with E-state index in [1.54, 1.807) is 25.1 Å². The predicted molar refractivity (Wildman–Crippen MR) is 104 cm³/mol. The molecule has 2 aromatic rings. The molecular formula is C16H16Cl2N4O2S. The Morgan fingerprint density at radius 3 is 2.84 bits per heavy atom. The summed E-state index contributed by atoms with van der Waals surface area (Å²) in [6.07, 6.45) is 1.86. The molecule has 0 spiro atoms. The molecule has 0 aliphatic rings. The molecule has 0 aliphatic carbocycles. The third-order valence-corrected chi connectivity index (χ3v) is 4.15. The molecule has 4 N–H and O–H groups in total. The number of benzene rings is 1. The Kier molecular flexibility index (Phi) is 6.41. The van der Waals surface area contributed by atoms with Gasteiger partial charge in [-0.05, 0) is 48.5 Å². The molecule has 25 heavy (non-hydrogen) atoms. The van der Waals surface area contributed by atoms with Gasteiger partial charge in [0, 0.05) is 22.2 Å². The molecule has 0 radical (unpaired) electrons. The number of H-pyrrole nitrogens is 1. The standard InChI is InChI=1S/C16H16Cl2N4O2S/c1-8-14(15(23)24-2)11(13(21-8)7-20-22-16(19)25)6-9-5-10(17)3-4-12(9)18/h3-5,7,21H,6H2,1-2H3,(H3,19,22,25)/b20-7-. The van der Waals surface area contributed by atoms with Gasteiger partial charge in [0.1, 0.15) is 0 Å². The SMILES string of the molecule is COC(=O)c1c(C)[nH]c(/C=N\NC(N)=S)c1Cc1cc(Cl)ccc1Cl. The largest absolute Gasteiger partial charge is 0.465 e. The summed E-state index contributed by atoms with van der Waals surface area (Å²) < 4.78 is 4.89. The normalized spacial score (nSPS) is 10.9. The van der Waals surface area contributed by atoms with Gasteiger partial charge in [-0.25, -0.2) is 4.79 Å². The number of esters is 1. The summed E-state index contributed by atoms with van der Waals surface area (Å²) in [6.45, 7) is 1.77. The Morgan fingerprint density at radius 1 is 1.48 bits per heavy atom. The molecule has 0 saturated heterocycles. The number of nitrogens with two attached hydrogens (primary N) is 1. The quantitative estimate of drug-likeness (QED) is 0.311. The maximum absolute atomic E-state index is 12.2. The van der Waals surface area contributed by atoms with Gasteiger partial charge >= 0.3 is 5.97 Å². The van der Waals surface area contributed by atoms with Crippen molar-refractivity contribution < 1.29 is 9.53 Å². The van der Waals surface area contributed by atoms with E-state index in [1.807, 2.05) is 0 Å². The van der Waals surface area contributed by atoms with Crippen LogP contribution in [0.25, 0.3) is 0 Å². The third-order valence-electron chi connectivity index (χ3n) is 3.46. The zero-order valence-electron chi connectivity index (χ0n) is 13.5. The van der Waals surface area contributed by atoms with Crippen molar-refractivity contribution in [2.24, 2.45) is 10.8 Å². The summed E-state index contributed by atoms with van der Waals surface area (Å²) >= 11 is 17.0. The number of halogens is 2. The second-order valence-electron chi connectivity index (χ2n) is 5.16. The first-order valence-electron chi connectivity index (χ1n) is 7.15. The van der Waals surface area contributed by atoms with Gasteiger partial charge in [-0.2, -0.15) is 5.10 Å². The van der Waals surface area contributed by atoms with Crippen LogP contribution in [0.15, 0.2) is 23.3 Å². The molecule has 0 bridgehead atoms. The highest BCUT2D eigenvalue weighted by molar-refractivity contribution is 7.80. The van der Waals surface area contributed by atoms with E-state index in [-0.39, 0.29) is 5.11 Å². The fourth-order valence-corrected chi connectivity index (χ4v) is 2.83. The van der Waals surface area contributed by atoms with Crippen LogP contribution in [0.3, 0.4) is 0 Å². The molecule has 9 heteroatoms. The van der Waals surface area contributed by atoms with E-state index in [2.05, 4.69) is 15.5 Å². The van der Waals surface area contributed by atoms with Gasteiger partial charge in [0.25, 0.3) is 0 Å². The molecule has 0 aliphatic heterocycles. The van der Waals surface area contributed by atoms with Crippen molar-refractivity contribution in [2.45, 2.75) is 13.3 Å². The van der Waals surface area contributed by atoms with Gasteiger partial charge in [0.15, 0.2) is 5.11 Å². The highest BCUT2D eigenvalue weighted by Gasteiger charge is 2.22. The molecular weight excluding hydrogens is 383 g/mol. The van der Waals surface area contributed by atoms with E-state index < -0.39 is 5.97 Å². The first-order valence-corrected chi connectivity index (χ1v) is 8.32. The monoisotopic (exact) mass is 398 g/mol. The lowest BCUT2D eigenvalue weighted by molar-refractivity contribution is 0.0599. The van der Waals surface area contributed by atoms with Crippen molar-refractivity contribution in [1.82, 2.24) is 10.4 Å². The number of thiocarbonyl (C=S) groups is 1. The number of nitrogens with zero attached hydrogens (tertiary/aromatic N) is 1. The topological polar surface area (TPSA) is 92.5 Å². The van der Waals surface area contributed by atoms with Crippen LogP contribution in [0.4, 0.5) is 0 Å². The number of hydrogen-bond donors (Lipinski definition) is 3. The van der Waals surface area contributed by atoms with Crippen molar-refractivity contribution in [3.05, 3.63) is 56.3 Å². The molecule has 1 aromatic carbocycles. The fourth-order valence-electron chi connectivity index (χ4n) is 2.40. The number of aromatic nitrogens is 1. The Hall–Kier alpha value is -2.09. The van der Waals surface area contributed by atoms with Crippen molar-refractivity contribution in [3.8, 4) is 0 Å². The molecule has 0 amide bonds. The molecule has 0 saturated carbocycles. The predicted octanol–water partition coefficient (Wildman–Crippen LogP) is 3.17. The highest BCUT2D eigenvalue weighted by Crippen LogP contribution is 2.27. The number of aromatic amines is 1. The zero-order valence-corrected chi connectivity index (χ0v) is 15.9. The van der Waals surface area contributed by atoms with Crippen LogP contribution in [0.5, 0.6) is 0 Å². The number of aryl methyl sites for hydroxylation is 1. The van der Waals surface area contributed by atoms with Crippen molar-refractivity contribution in [1.29, 1.82) is 0 Å². The van der Waals surface area contributed by atoms with E-state index >= 15 is 0 Å². The van der Waals surface area contributed by atoms with E-state index in [0.29, 0.717) is 39.0 Å². The lowest BCUT2D eigenvalue weighted by Gasteiger charge is -2.08. The molecule has 0 atom stereocenters. The lowest BCUT2D eigenvalue weighted by atomic mass is 10.00. The van der Waals surface area contributed by atoms with E-state index in [9.17, 15) is 4.79 Å². The first-order chi connectivity index (χ1) is 11.8. The molecule has 0 unspecified atom stereocenters. The summed E-state index contributed by atoms with van der Waals surface area (Å²) in [5.41, 5.74) is 11.0. The Bertz CT molecular complexity index is 849. The van der Waals surface area contributed by atoms with Crippen molar-refractivity contribution in [2.75, 3.05) is 7.11 Å². The minimum atomic E-state index is -0.455. The maximum atomic E-state index is 12.2. The summed E-state index contributed by atoms with van der Waals surface area (Å²) in [5.74, 6) is -0.455. The maximum Gasteiger partial charge on any atom is 0.339 e. The van der Waals surface area contributed by atoms with Gasteiger partial charge in [0.2, 0.25) is 0 Å². The Balaban J connectivity index is 2.51. The van der Waals surface area contributed by atoms with E-state index in [4.69, 9.17) is 45.9 Å². The molecule has 6 nitrogen and oxygen atoms in total. The minimum Gasteiger partial charge on any atom is -0.465 e. The lowest BCUT2D eigenvalue weighted by Crippen LogP contribution is -2.24. The van der Waals surface area contributed by atoms with Crippen LogP contribution in [0.2, 0.25) is 10.0 Å². The molecule has 0 fully saturated rings. The van der Waals surface area contributed by atoms with E-state index in [1.165, 1.54) is 13.3 Å². The van der Waals surface area contributed by atoms with Crippen molar-refractivity contribution in [3.63, 3.8) is 0 Å². The number of nitrogens with one attached hydrogen (secondary N) is 2. The second-order valence-corrected chi connectivity index (χ2v) is 6.44. The van der Waals surface area contributed by atoms with Gasteiger partial charge < -0.3 is 15.5 Å². The van der Waals surface area contributed by atoms with Crippen LogP contribution in [-0.2, 0) is 11.2 Å². The number of rotatable bonds is 5. The summed E-state index contributed by atoms with van der Waals surface area (Å²) in [6, 6.07) is 5.16. The zero-order chi connectivity index (χ0) is 18.6. The smallest absolute Gasteiger partial charge is 0.339 e. The van der Waals surface area contributed by atoms with Crippen LogP contribution >= 0.6 is 35.4 Å². The molecule has 1 heterocycles. The summed E-state index contributed by atoms with van der Waals surface area (Å²) in [4.78, 5) is 15.3. The molecule has 132 valence electrons. The fraction of sp³-hybridized carbons (Fsp3) is 0.188. The minimum absolute atomic E-state index is 0.0344. The third kappa shape index (κ3) is 4.72. The summed E-state index contributed by atoms with van der Waals surface area (Å²) in [5, 5.41) is 5.07. The number of carbonyl (C=O) groups is 1. The van der Waals surface area contributed by atoms with Gasteiger partial charge in [-0.1, -0.05) is 23.2 Å².